The maximum atomic E-state index is 10.8. The minimum absolute atomic E-state index is 0.263. The van der Waals surface area contributed by atoms with E-state index in [0.717, 1.165) is 0 Å². The van der Waals surface area contributed by atoms with Crippen LogP contribution < -0.4 is 11.5 Å². The van der Waals surface area contributed by atoms with Crippen LogP contribution in [0.5, 0.6) is 0 Å². The zero-order chi connectivity index (χ0) is 9.30. The molecule has 0 aliphatic rings. The SMILES string of the molecule is NC(=O)c1c(N)cc(Cl)cc1Br. The third kappa shape index (κ3) is 1.70. The average molecular weight is 249 g/mol. The van der Waals surface area contributed by atoms with Crippen molar-refractivity contribution >= 4 is 39.1 Å². The first-order chi connectivity index (χ1) is 5.52. The summed E-state index contributed by atoms with van der Waals surface area (Å²) in [6.45, 7) is 0. The van der Waals surface area contributed by atoms with Crippen molar-refractivity contribution in [2.24, 2.45) is 5.73 Å². The first-order valence-corrected chi connectivity index (χ1v) is 4.24. The molecule has 0 fully saturated rings. The van der Waals surface area contributed by atoms with E-state index in [1.807, 2.05) is 0 Å². The number of nitrogen functional groups attached to an aromatic ring is 1. The van der Waals surface area contributed by atoms with Crippen LogP contribution >= 0.6 is 27.5 Å². The summed E-state index contributed by atoms with van der Waals surface area (Å²) in [7, 11) is 0. The van der Waals surface area contributed by atoms with Gasteiger partial charge in [0.1, 0.15) is 0 Å². The average Bonchev–Trinajstić information content (AvgIpc) is 1.82. The third-order valence-electron chi connectivity index (χ3n) is 1.33. The van der Waals surface area contributed by atoms with Crippen LogP contribution in [0.4, 0.5) is 5.69 Å². The van der Waals surface area contributed by atoms with E-state index in [1.165, 1.54) is 6.07 Å². The van der Waals surface area contributed by atoms with Crippen molar-refractivity contribution in [3.05, 3.63) is 27.2 Å². The van der Waals surface area contributed by atoms with Crippen LogP contribution in [0.2, 0.25) is 5.02 Å². The highest BCUT2D eigenvalue weighted by Gasteiger charge is 2.10. The van der Waals surface area contributed by atoms with Gasteiger partial charge in [0, 0.05) is 15.2 Å². The van der Waals surface area contributed by atoms with Crippen molar-refractivity contribution in [2.75, 3.05) is 5.73 Å². The van der Waals surface area contributed by atoms with Crippen LogP contribution in [0, 0.1) is 0 Å². The number of amides is 1. The van der Waals surface area contributed by atoms with Gasteiger partial charge in [0.2, 0.25) is 0 Å². The molecule has 5 heteroatoms. The molecule has 0 aliphatic carbocycles. The van der Waals surface area contributed by atoms with Gasteiger partial charge in [-0.25, -0.2) is 0 Å². The van der Waals surface area contributed by atoms with Gasteiger partial charge in [-0.3, -0.25) is 4.79 Å². The Morgan fingerprint density at radius 2 is 2.08 bits per heavy atom. The van der Waals surface area contributed by atoms with Crippen LogP contribution in [-0.2, 0) is 0 Å². The lowest BCUT2D eigenvalue weighted by Gasteiger charge is -2.04. The van der Waals surface area contributed by atoms with E-state index >= 15 is 0 Å². The monoisotopic (exact) mass is 248 g/mol. The van der Waals surface area contributed by atoms with Gasteiger partial charge >= 0.3 is 0 Å². The maximum absolute atomic E-state index is 10.8. The first-order valence-electron chi connectivity index (χ1n) is 3.06. The lowest BCUT2D eigenvalue weighted by atomic mass is 10.2. The summed E-state index contributed by atoms with van der Waals surface area (Å²) in [5.74, 6) is -0.573. The van der Waals surface area contributed by atoms with Crippen molar-refractivity contribution in [1.82, 2.24) is 0 Å². The van der Waals surface area contributed by atoms with Gasteiger partial charge in [-0.15, -0.1) is 0 Å². The fraction of sp³-hybridized carbons (Fsp3) is 0. The third-order valence-corrected chi connectivity index (χ3v) is 2.18. The minimum atomic E-state index is -0.573. The topological polar surface area (TPSA) is 69.1 Å². The van der Waals surface area contributed by atoms with Crippen LogP contribution in [-0.4, -0.2) is 5.91 Å². The van der Waals surface area contributed by atoms with Gasteiger partial charge in [-0.2, -0.15) is 0 Å². The van der Waals surface area contributed by atoms with Gasteiger partial charge in [0.25, 0.3) is 5.91 Å². The quantitative estimate of drug-likeness (QED) is 0.745. The molecule has 0 atom stereocenters. The van der Waals surface area contributed by atoms with Crippen LogP contribution in [0.25, 0.3) is 0 Å². The second-order valence-corrected chi connectivity index (χ2v) is 3.51. The second kappa shape index (κ2) is 3.33. The van der Waals surface area contributed by atoms with E-state index in [9.17, 15) is 4.79 Å². The molecule has 0 radical (unpaired) electrons. The van der Waals surface area contributed by atoms with E-state index in [1.54, 1.807) is 6.07 Å². The standard InChI is InChI=1S/C7H6BrClN2O/c8-4-1-3(9)2-5(10)6(4)7(11)12/h1-2H,10H2,(H2,11,12). The van der Waals surface area contributed by atoms with Gasteiger partial charge in [-0.05, 0) is 28.1 Å². The summed E-state index contributed by atoms with van der Waals surface area (Å²) in [5.41, 5.74) is 11.1. The predicted molar refractivity (Wildman–Crippen MR) is 52.1 cm³/mol. The largest absolute Gasteiger partial charge is 0.398 e. The summed E-state index contributed by atoms with van der Waals surface area (Å²) in [6, 6.07) is 3.05. The number of anilines is 1. The number of carbonyl (C=O) groups is 1. The molecule has 0 unspecified atom stereocenters. The highest BCUT2D eigenvalue weighted by atomic mass is 79.9. The number of nitrogens with two attached hydrogens (primary N) is 2. The Bertz CT molecular complexity index is 317. The molecular weight excluding hydrogens is 243 g/mol. The van der Waals surface area contributed by atoms with Crippen molar-refractivity contribution in [3.8, 4) is 0 Å². The molecular formula is C7H6BrClN2O. The summed E-state index contributed by atoms with van der Waals surface area (Å²) in [5, 5.41) is 0.462. The number of rotatable bonds is 1. The van der Waals surface area contributed by atoms with Gasteiger partial charge < -0.3 is 11.5 Å². The van der Waals surface area contributed by atoms with Crippen molar-refractivity contribution in [1.29, 1.82) is 0 Å². The molecule has 0 bridgehead atoms. The molecule has 12 heavy (non-hydrogen) atoms. The number of carbonyl (C=O) groups excluding carboxylic acids is 1. The molecule has 4 N–H and O–H groups in total. The molecule has 3 nitrogen and oxygen atoms in total. The molecule has 0 aliphatic heterocycles. The molecule has 0 heterocycles. The van der Waals surface area contributed by atoms with E-state index in [2.05, 4.69) is 15.9 Å². The smallest absolute Gasteiger partial charge is 0.251 e. The lowest BCUT2D eigenvalue weighted by molar-refractivity contribution is 0.100. The number of halogens is 2. The Morgan fingerprint density at radius 1 is 1.50 bits per heavy atom. The zero-order valence-electron chi connectivity index (χ0n) is 5.97. The normalized spacial score (nSPS) is 9.83. The summed E-state index contributed by atoms with van der Waals surface area (Å²) in [6.07, 6.45) is 0. The summed E-state index contributed by atoms with van der Waals surface area (Å²) >= 11 is 8.80. The molecule has 1 rings (SSSR count). The number of benzene rings is 1. The number of primary amides is 1. The van der Waals surface area contributed by atoms with E-state index in [0.29, 0.717) is 9.50 Å². The Balaban J connectivity index is 3.38. The minimum Gasteiger partial charge on any atom is -0.398 e. The molecule has 0 saturated carbocycles. The number of hydrogen-bond donors (Lipinski definition) is 2. The Kier molecular flexibility index (Phi) is 2.59. The van der Waals surface area contributed by atoms with E-state index < -0.39 is 5.91 Å². The Labute approximate surface area is 82.8 Å². The first kappa shape index (κ1) is 9.35. The highest BCUT2D eigenvalue weighted by molar-refractivity contribution is 9.10. The molecule has 0 aromatic heterocycles. The van der Waals surface area contributed by atoms with E-state index in [4.69, 9.17) is 23.1 Å². The van der Waals surface area contributed by atoms with Crippen molar-refractivity contribution in [2.45, 2.75) is 0 Å². The molecule has 0 saturated heterocycles. The lowest BCUT2D eigenvalue weighted by Crippen LogP contribution is -2.14. The van der Waals surface area contributed by atoms with Gasteiger partial charge in [0.15, 0.2) is 0 Å². The Morgan fingerprint density at radius 3 is 2.50 bits per heavy atom. The number of hydrogen-bond acceptors (Lipinski definition) is 2. The van der Waals surface area contributed by atoms with Gasteiger partial charge in [-0.1, -0.05) is 11.6 Å². The molecule has 64 valence electrons. The fourth-order valence-electron chi connectivity index (χ4n) is 0.853. The summed E-state index contributed by atoms with van der Waals surface area (Å²) < 4.78 is 0.514. The Hall–Kier alpha value is -0.740. The predicted octanol–water partition coefficient (Wildman–Crippen LogP) is 1.78. The van der Waals surface area contributed by atoms with Crippen LogP contribution in [0.3, 0.4) is 0 Å². The van der Waals surface area contributed by atoms with Gasteiger partial charge in [0.05, 0.1) is 5.56 Å². The van der Waals surface area contributed by atoms with Crippen molar-refractivity contribution < 1.29 is 4.79 Å². The van der Waals surface area contributed by atoms with Crippen molar-refractivity contribution in [3.63, 3.8) is 0 Å². The molecule has 1 aromatic carbocycles. The zero-order valence-corrected chi connectivity index (χ0v) is 8.32. The molecule has 0 spiro atoms. The maximum Gasteiger partial charge on any atom is 0.251 e. The fourth-order valence-corrected chi connectivity index (χ4v) is 1.88. The van der Waals surface area contributed by atoms with Crippen LogP contribution in [0.1, 0.15) is 10.4 Å². The highest BCUT2D eigenvalue weighted by Crippen LogP contribution is 2.26. The second-order valence-electron chi connectivity index (χ2n) is 2.22. The molecule has 1 aromatic rings. The molecule has 1 amide bonds. The van der Waals surface area contributed by atoms with Crippen LogP contribution in [0.15, 0.2) is 16.6 Å². The van der Waals surface area contributed by atoms with E-state index in [-0.39, 0.29) is 11.3 Å². The summed E-state index contributed by atoms with van der Waals surface area (Å²) in [4.78, 5) is 10.8.